The van der Waals surface area contributed by atoms with Crippen LogP contribution >= 0.6 is 0 Å². The number of aromatic hydroxyl groups is 1. The molecule has 1 unspecified atom stereocenters. The van der Waals surface area contributed by atoms with Crippen molar-refractivity contribution in [3.05, 3.63) is 101 Å². The van der Waals surface area contributed by atoms with Crippen molar-refractivity contribution in [3.8, 4) is 5.75 Å². The highest BCUT2D eigenvalue weighted by molar-refractivity contribution is 5.85. The van der Waals surface area contributed by atoms with Gasteiger partial charge in [0.15, 0.2) is 0 Å². The summed E-state index contributed by atoms with van der Waals surface area (Å²) in [6.07, 6.45) is 2.94. The molecule has 0 aliphatic carbocycles. The molecular weight excluding hydrogens is 381 g/mol. The summed E-state index contributed by atoms with van der Waals surface area (Å²) in [5.41, 5.74) is 1.29. The molecular formula is C25H22FNO3. The summed E-state index contributed by atoms with van der Waals surface area (Å²) in [5, 5.41) is 18.9. The van der Waals surface area contributed by atoms with Crippen LogP contribution < -0.4 is 4.90 Å². The number of hydrogen-bond acceptors (Lipinski definition) is 3. The van der Waals surface area contributed by atoms with Gasteiger partial charge in [0.25, 0.3) is 0 Å². The minimum Gasteiger partial charge on any atom is -0.508 e. The lowest BCUT2D eigenvalue weighted by Crippen LogP contribution is -2.49. The van der Waals surface area contributed by atoms with Crippen molar-refractivity contribution in [2.45, 2.75) is 18.8 Å². The number of rotatable bonds is 4. The number of benzene rings is 3. The first-order chi connectivity index (χ1) is 15.6. The highest BCUT2D eigenvalue weighted by Crippen LogP contribution is 2.44. The Hall–Kier alpha value is -3.60. The number of carboxylic acids is 1. The summed E-state index contributed by atoms with van der Waals surface area (Å²) in [6.45, 7) is -2.22. The van der Waals surface area contributed by atoms with Crippen molar-refractivity contribution in [1.82, 2.24) is 0 Å². The van der Waals surface area contributed by atoms with Gasteiger partial charge in [-0.3, -0.25) is 0 Å². The number of phenolic OH excluding ortho intramolecular Hbond substituents is 1. The third-order valence-electron chi connectivity index (χ3n) is 5.37. The molecule has 2 N–H and O–H groups in total. The molecule has 0 amide bonds. The van der Waals surface area contributed by atoms with E-state index in [0.29, 0.717) is 35.3 Å². The molecule has 5 heteroatoms. The van der Waals surface area contributed by atoms with Crippen LogP contribution in [0.15, 0.2) is 72.8 Å². The maximum Gasteiger partial charge on any atom is 0.328 e. The van der Waals surface area contributed by atoms with E-state index in [0.717, 1.165) is 11.6 Å². The quantitative estimate of drug-likeness (QED) is 0.602. The van der Waals surface area contributed by atoms with Crippen molar-refractivity contribution in [3.63, 3.8) is 0 Å². The van der Waals surface area contributed by atoms with Crippen LogP contribution in [0.4, 0.5) is 10.1 Å². The zero-order chi connectivity index (χ0) is 23.8. The Labute approximate surface area is 178 Å². The first-order valence-electron chi connectivity index (χ1n) is 11.0. The molecule has 0 fully saturated rings. The van der Waals surface area contributed by atoms with E-state index in [-0.39, 0.29) is 5.75 Å². The lowest BCUT2D eigenvalue weighted by molar-refractivity contribution is -0.131. The zero-order valence-corrected chi connectivity index (χ0v) is 16.0. The Balaban J connectivity index is 1.98. The second kappa shape index (κ2) is 7.67. The molecule has 4 rings (SSSR count). The minimum atomic E-state index is -2.55. The van der Waals surface area contributed by atoms with Gasteiger partial charge >= 0.3 is 5.97 Å². The molecule has 4 nitrogen and oxygen atoms in total. The summed E-state index contributed by atoms with van der Waals surface area (Å²) >= 11 is 0. The molecule has 3 aromatic carbocycles. The van der Waals surface area contributed by atoms with E-state index >= 15 is 0 Å². The monoisotopic (exact) mass is 406 g/mol. The second-order valence-electron chi connectivity index (χ2n) is 7.22. The molecule has 1 aliphatic rings. The van der Waals surface area contributed by atoms with Crippen LogP contribution in [-0.2, 0) is 16.8 Å². The van der Waals surface area contributed by atoms with Crippen LogP contribution in [0.25, 0.3) is 6.08 Å². The van der Waals surface area contributed by atoms with E-state index < -0.39 is 24.2 Å². The van der Waals surface area contributed by atoms with Crippen molar-refractivity contribution in [2.75, 3.05) is 11.4 Å². The Morgan fingerprint density at radius 3 is 2.53 bits per heavy atom. The van der Waals surface area contributed by atoms with Gasteiger partial charge in [-0.2, -0.15) is 0 Å². The van der Waals surface area contributed by atoms with E-state index in [1.54, 1.807) is 53.4 Å². The van der Waals surface area contributed by atoms with Crippen molar-refractivity contribution in [2.24, 2.45) is 0 Å². The molecule has 1 aliphatic heterocycles. The van der Waals surface area contributed by atoms with Gasteiger partial charge < -0.3 is 15.1 Å². The smallest absolute Gasteiger partial charge is 0.328 e. The van der Waals surface area contributed by atoms with E-state index in [2.05, 4.69) is 0 Å². The zero-order valence-electron chi connectivity index (χ0n) is 19.0. The lowest BCUT2D eigenvalue weighted by Gasteiger charge is -2.48. The van der Waals surface area contributed by atoms with Gasteiger partial charge in [0.2, 0.25) is 0 Å². The molecule has 30 heavy (non-hydrogen) atoms. The number of anilines is 1. The number of carbonyl (C=O) groups is 1. The van der Waals surface area contributed by atoms with Gasteiger partial charge in [0, 0.05) is 22.4 Å². The molecule has 1 atom stereocenters. The van der Waals surface area contributed by atoms with Gasteiger partial charge in [0.1, 0.15) is 11.6 Å². The van der Waals surface area contributed by atoms with Crippen molar-refractivity contribution in [1.29, 1.82) is 0 Å². The van der Waals surface area contributed by atoms with Crippen LogP contribution in [0.3, 0.4) is 0 Å². The fourth-order valence-corrected chi connectivity index (χ4v) is 3.94. The third-order valence-corrected chi connectivity index (χ3v) is 5.37. The van der Waals surface area contributed by atoms with Crippen LogP contribution in [0.1, 0.15) is 33.2 Å². The Kier molecular flexibility index (Phi) is 4.15. The predicted molar refractivity (Wildman–Crippen MR) is 115 cm³/mol. The molecule has 0 saturated carbocycles. The van der Waals surface area contributed by atoms with E-state index in [1.165, 1.54) is 24.3 Å². The number of aliphatic carboxylic acids is 1. The summed E-state index contributed by atoms with van der Waals surface area (Å²) in [4.78, 5) is 12.6. The maximum atomic E-state index is 13.7. The van der Waals surface area contributed by atoms with Crippen molar-refractivity contribution >= 4 is 17.7 Å². The average Bonchev–Trinajstić information content (AvgIpc) is 2.77. The number of hydrogen-bond donors (Lipinski definition) is 2. The molecule has 0 saturated heterocycles. The van der Waals surface area contributed by atoms with E-state index in [4.69, 9.17) is 9.22 Å². The second-order valence-corrected chi connectivity index (χ2v) is 7.22. The van der Waals surface area contributed by atoms with Crippen molar-refractivity contribution < 1.29 is 23.5 Å². The van der Waals surface area contributed by atoms with Gasteiger partial charge in [-0.1, -0.05) is 30.3 Å². The standard InChI is InChI=1S/C25H22FNO3/c1-25(19-5-2-17(3-6-19)4-13-24(29)30)23-12-11-22(28)16-18(23)14-15-27(25)21-9-7-20(26)8-10-21/h2-13,16,28H,14-15H2,1H3,(H,29,30)/b13-4+/i1D3. The topological polar surface area (TPSA) is 60.8 Å². The molecule has 0 aromatic heterocycles. The number of fused-ring (bicyclic) bond motifs is 1. The SMILES string of the molecule is [2H]C([2H])([2H])C1(c2ccc(/C=C/C(=O)O)cc2)c2ccc(O)cc2CCN1c1ccc(F)cc1. The third kappa shape index (κ3) is 3.54. The highest BCUT2D eigenvalue weighted by Gasteiger charge is 2.40. The summed E-state index contributed by atoms with van der Waals surface area (Å²) in [6, 6.07) is 17.1. The number of halogens is 1. The number of carboxylic acid groups (broad SMARTS) is 1. The largest absolute Gasteiger partial charge is 0.508 e. The van der Waals surface area contributed by atoms with Crippen LogP contribution in [0, 0.1) is 5.82 Å². The number of nitrogens with zero attached hydrogens (tertiary/aromatic N) is 1. The molecule has 152 valence electrons. The molecule has 0 radical (unpaired) electrons. The highest BCUT2D eigenvalue weighted by atomic mass is 19.1. The van der Waals surface area contributed by atoms with Gasteiger partial charge in [-0.15, -0.1) is 0 Å². The Bertz CT molecular complexity index is 1210. The fourth-order valence-electron chi connectivity index (χ4n) is 3.94. The summed E-state index contributed by atoms with van der Waals surface area (Å²) < 4.78 is 39.7. The van der Waals surface area contributed by atoms with E-state index in [9.17, 15) is 14.3 Å². The Morgan fingerprint density at radius 2 is 1.87 bits per heavy atom. The summed E-state index contributed by atoms with van der Waals surface area (Å²) in [5.74, 6) is -1.45. The first kappa shape index (κ1) is 16.2. The van der Waals surface area contributed by atoms with Gasteiger partial charge in [-0.05, 0) is 78.0 Å². The minimum absolute atomic E-state index is 0.0533. The molecule has 0 bridgehead atoms. The van der Waals surface area contributed by atoms with Gasteiger partial charge in [-0.25, -0.2) is 9.18 Å². The van der Waals surface area contributed by atoms with Crippen LogP contribution in [0.5, 0.6) is 5.75 Å². The van der Waals surface area contributed by atoms with Crippen LogP contribution in [0.2, 0.25) is 0 Å². The van der Waals surface area contributed by atoms with Gasteiger partial charge in [0.05, 0.1) is 5.54 Å². The first-order valence-corrected chi connectivity index (χ1v) is 9.50. The summed E-state index contributed by atoms with van der Waals surface area (Å²) in [7, 11) is 0. The predicted octanol–water partition coefficient (Wildman–Crippen LogP) is 4.96. The average molecular weight is 406 g/mol. The normalized spacial score (nSPS) is 20.3. The molecule has 3 aromatic rings. The lowest BCUT2D eigenvalue weighted by atomic mass is 9.76. The van der Waals surface area contributed by atoms with Crippen LogP contribution in [-0.4, -0.2) is 22.7 Å². The number of phenols is 1. The fraction of sp³-hybridized carbons (Fsp3) is 0.160. The molecule has 1 heterocycles. The maximum absolute atomic E-state index is 13.7. The Morgan fingerprint density at radius 1 is 1.13 bits per heavy atom. The molecule has 0 spiro atoms. The van der Waals surface area contributed by atoms with E-state index in [1.807, 2.05) is 0 Å².